The SMILES string of the molecule is CCC1CCC(NC)C(n2cnc3c2CCCC3)C1. The fourth-order valence-corrected chi connectivity index (χ4v) is 4.02. The molecule has 3 atom stereocenters. The number of aryl methyl sites for hydroxylation is 1. The van der Waals surface area contributed by atoms with Gasteiger partial charge < -0.3 is 9.88 Å². The summed E-state index contributed by atoms with van der Waals surface area (Å²) >= 11 is 0. The number of likely N-dealkylation sites (N-methyl/N-ethyl adjacent to an activating group) is 1. The Morgan fingerprint density at radius 1 is 1.32 bits per heavy atom. The van der Waals surface area contributed by atoms with Gasteiger partial charge in [-0.05, 0) is 57.9 Å². The summed E-state index contributed by atoms with van der Waals surface area (Å²) in [6.07, 6.45) is 12.6. The average molecular weight is 261 g/mol. The van der Waals surface area contributed by atoms with Gasteiger partial charge in [0.05, 0.1) is 18.1 Å². The zero-order valence-corrected chi connectivity index (χ0v) is 12.4. The normalized spacial score (nSPS) is 31.2. The second-order valence-corrected chi connectivity index (χ2v) is 6.30. The lowest BCUT2D eigenvalue weighted by Crippen LogP contribution is -2.40. The van der Waals surface area contributed by atoms with Gasteiger partial charge in [0.2, 0.25) is 0 Å². The molecule has 0 bridgehead atoms. The summed E-state index contributed by atoms with van der Waals surface area (Å²) in [5.74, 6) is 0.899. The number of fused-ring (bicyclic) bond motifs is 1. The molecule has 3 unspecified atom stereocenters. The van der Waals surface area contributed by atoms with Gasteiger partial charge in [-0.1, -0.05) is 13.3 Å². The van der Waals surface area contributed by atoms with Gasteiger partial charge in [0.1, 0.15) is 0 Å². The molecule has 0 aromatic carbocycles. The van der Waals surface area contributed by atoms with Crippen molar-refractivity contribution in [2.45, 2.75) is 70.4 Å². The van der Waals surface area contributed by atoms with Crippen LogP contribution >= 0.6 is 0 Å². The Balaban J connectivity index is 1.87. The molecule has 0 spiro atoms. The third kappa shape index (κ3) is 2.45. The maximum absolute atomic E-state index is 4.69. The highest BCUT2D eigenvalue weighted by atomic mass is 15.1. The summed E-state index contributed by atoms with van der Waals surface area (Å²) in [5, 5.41) is 3.55. The zero-order valence-electron chi connectivity index (χ0n) is 12.4. The first-order valence-electron chi connectivity index (χ1n) is 8.05. The van der Waals surface area contributed by atoms with Crippen LogP contribution in [0.5, 0.6) is 0 Å². The molecule has 106 valence electrons. The average Bonchev–Trinajstić information content (AvgIpc) is 2.90. The van der Waals surface area contributed by atoms with Crippen LogP contribution in [0.25, 0.3) is 0 Å². The van der Waals surface area contributed by atoms with Crippen molar-refractivity contribution in [2.75, 3.05) is 7.05 Å². The molecule has 0 amide bonds. The van der Waals surface area contributed by atoms with Crippen molar-refractivity contribution in [3.63, 3.8) is 0 Å². The van der Waals surface area contributed by atoms with Crippen LogP contribution in [0.15, 0.2) is 6.33 Å². The maximum atomic E-state index is 4.69. The molecule has 1 heterocycles. The second kappa shape index (κ2) is 5.66. The minimum atomic E-state index is 0.623. The van der Waals surface area contributed by atoms with E-state index in [4.69, 9.17) is 0 Å². The van der Waals surface area contributed by atoms with Crippen molar-refractivity contribution in [1.82, 2.24) is 14.9 Å². The first kappa shape index (κ1) is 13.2. The maximum Gasteiger partial charge on any atom is 0.0954 e. The summed E-state index contributed by atoms with van der Waals surface area (Å²) in [6, 6.07) is 1.25. The number of nitrogens with zero attached hydrogens (tertiary/aromatic N) is 2. The third-order valence-corrected chi connectivity index (χ3v) is 5.29. The molecular weight excluding hydrogens is 234 g/mol. The van der Waals surface area contributed by atoms with Gasteiger partial charge in [-0.3, -0.25) is 0 Å². The monoisotopic (exact) mass is 261 g/mol. The van der Waals surface area contributed by atoms with Crippen LogP contribution in [0.3, 0.4) is 0 Å². The smallest absolute Gasteiger partial charge is 0.0954 e. The van der Waals surface area contributed by atoms with Crippen molar-refractivity contribution in [3.8, 4) is 0 Å². The van der Waals surface area contributed by atoms with Crippen LogP contribution in [0, 0.1) is 5.92 Å². The molecule has 3 heteroatoms. The molecule has 1 fully saturated rings. The highest BCUT2D eigenvalue weighted by molar-refractivity contribution is 5.18. The van der Waals surface area contributed by atoms with E-state index < -0.39 is 0 Å². The molecule has 1 N–H and O–H groups in total. The van der Waals surface area contributed by atoms with E-state index >= 15 is 0 Å². The van der Waals surface area contributed by atoms with Gasteiger partial charge in [0.15, 0.2) is 0 Å². The highest BCUT2D eigenvalue weighted by Crippen LogP contribution is 2.36. The fourth-order valence-electron chi connectivity index (χ4n) is 4.02. The molecule has 1 aromatic rings. The number of rotatable bonds is 3. The molecule has 3 nitrogen and oxygen atoms in total. The van der Waals surface area contributed by atoms with Gasteiger partial charge in [-0.2, -0.15) is 0 Å². The van der Waals surface area contributed by atoms with Gasteiger partial charge in [-0.15, -0.1) is 0 Å². The van der Waals surface area contributed by atoms with E-state index in [0.29, 0.717) is 12.1 Å². The largest absolute Gasteiger partial charge is 0.330 e. The van der Waals surface area contributed by atoms with E-state index in [1.54, 1.807) is 0 Å². The molecule has 0 saturated heterocycles. The predicted octanol–water partition coefficient (Wildman–Crippen LogP) is 3.10. The summed E-state index contributed by atoms with van der Waals surface area (Å²) in [6.45, 7) is 2.34. The Kier molecular flexibility index (Phi) is 3.92. The predicted molar refractivity (Wildman–Crippen MR) is 78.4 cm³/mol. The minimum absolute atomic E-state index is 0.623. The van der Waals surface area contributed by atoms with E-state index in [2.05, 4.69) is 35.2 Å². The minimum Gasteiger partial charge on any atom is -0.330 e. The van der Waals surface area contributed by atoms with Gasteiger partial charge >= 0.3 is 0 Å². The molecular formula is C16H27N3. The van der Waals surface area contributed by atoms with Crippen molar-refractivity contribution < 1.29 is 0 Å². The summed E-state index contributed by atoms with van der Waals surface area (Å²) in [5.41, 5.74) is 2.91. The van der Waals surface area contributed by atoms with Gasteiger partial charge in [0, 0.05) is 11.7 Å². The van der Waals surface area contributed by atoms with E-state index in [1.807, 2.05) is 0 Å². The third-order valence-electron chi connectivity index (χ3n) is 5.29. The Morgan fingerprint density at radius 3 is 2.95 bits per heavy atom. The number of aromatic nitrogens is 2. The van der Waals surface area contributed by atoms with Crippen molar-refractivity contribution in [2.24, 2.45) is 5.92 Å². The molecule has 19 heavy (non-hydrogen) atoms. The summed E-state index contributed by atoms with van der Waals surface area (Å²) in [4.78, 5) is 4.69. The van der Waals surface area contributed by atoms with E-state index in [0.717, 1.165) is 5.92 Å². The van der Waals surface area contributed by atoms with Crippen molar-refractivity contribution in [1.29, 1.82) is 0 Å². The van der Waals surface area contributed by atoms with Crippen molar-refractivity contribution in [3.05, 3.63) is 17.7 Å². The molecule has 2 aliphatic carbocycles. The molecule has 0 radical (unpaired) electrons. The quantitative estimate of drug-likeness (QED) is 0.906. The van der Waals surface area contributed by atoms with Crippen molar-refractivity contribution >= 4 is 0 Å². The number of hydrogen-bond donors (Lipinski definition) is 1. The highest BCUT2D eigenvalue weighted by Gasteiger charge is 2.32. The molecule has 1 saturated carbocycles. The van der Waals surface area contributed by atoms with Crippen LogP contribution in [-0.4, -0.2) is 22.6 Å². The van der Waals surface area contributed by atoms with E-state index in [-0.39, 0.29) is 0 Å². The van der Waals surface area contributed by atoms with E-state index in [1.165, 1.54) is 62.8 Å². The van der Waals surface area contributed by atoms with Gasteiger partial charge in [-0.25, -0.2) is 4.98 Å². The fraction of sp³-hybridized carbons (Fsp3) is 0.812. The molecule has 1 aromatic heterocycles. The first-order valence-corrected chi connectivity index (χ1v) is 8.05. The summed E-state index contributed by atoms with van der Waals surface area (Å²) in [7, 11) is 2.12. The van der Waals surface area contributed by atoms with Crippen LogP contribution in [0.1, 0.15) is 62.9 Å². The van der Waals surface area contributed by atoms with Crippen LogP contribution in [0.2, 0.25) is 0 Å². The lowest BCUT2D eigenvalue weighted by Gasteiger charge is -2.37. The number of imidazole rings is 1. The number of hydrogen-bond acceptors (Lipinski definition) is 2. The van der Waals surface area contributed by atoms with Gasteiger partial charge in [0.25, 0.3) is 0 Å². The Labute approximate surface area is 116 Å². The molecule has 3 rings (SSSR count). The molecule has 2 aliphatic rings. The number of nitrogens with one attached hydrogen (secondary N) is 1. The topological polar surface area (TPSA) is 29.9 Å². The van der Waals surface area contributed by atoms with Crippen LogP contribution < -0.4 is 5.32 Å². The Hall–Kier alpha value is -0.830. The lowest BCUT2D eigenvalue weighted by molar-refractivity contribution is 0.205. The molecule has 0 aliphatic heterocycles. The Bertz CT molecular complexity index is 424. The second-order valence-electron chi connectivity index (χ2n) is 6.30. The van der Waals surface area contributed by atoms with Crippen LogP contribution in [-0.2, 0) is 12.8 Å². The zero-order chi connectivity index (χ0) is 13.2. The first-order chi connectivity index (χ1) is 9.33. The summed E-state index contributed by atoms with van der Waals surface area (Å²) < 4.78 is 2.53. The Morgan fingerprint density at radius 2 is 2.16 bits per heavy atom. The standard InChI is InChI=1S/C16H27N3/c1-3-12-8-9-13(17-2)16(10-12)19-11-18-14-6-4-5-7-15(14)19/h11-13,16-17H,3-10H2,1-2H3. The van der Waals surface area contributed by atoms with Crippen LogP contribution in [0.4, 0.5) is 0 Å². The van der Waals surface area contributed by atoms with E-state index in [9.17, 15) is 0 Å². The lowest BCUT2D eigenvalue weighted by atomic mass is 9.80.